The number of hydrogen-bond donors (Lipinski definition) is 1. The number of halogens is 3. The number of amides is 1. The number of aryl methyl sites for hydroxylation is 1. The molecule has 7 nitrogen and oxygen atoms in total. The molecule has 2 aromatic carbocycles. The van der Waals surface area contributed by atoms with Gasteiger partial charge in [-0.25, -0.2) is 0 Å². The summed E-state index contributed by atoms with van der Waals surface area (Å²) < 4.78 is 44.4. The van der Waals surface area contributed by atoms with Crippen LogP contribution in [-0.2, 0) is 31.7 Å². The van der Waals surface area contributed by atoms with Crippen LogP contribution in [0.15, 0.2) is 42.7 Å². The molecule has 0 radical (unpaired) electrons. The quantitative estimate of drug-likeness (QED) is 0.427. The smallest absolute Gasteiger partial charge is 0.392 e. The predicted octanol–water partition coefficient (Wildman–Crippen LogP) is 5.69. The van der Waals surface area contributed by atoms with E-state index in [1.807, 2.05) is 34.7 Å². The first-order valence-corrected chi connectivity index (χ1v) is 14.4. The van der Waals surface area contributed by atoms with Crippen LogP contribution in [0.4, 0.5) is 18.9 Å². The monoisotopic (exact) mass is 569 g/mol. The maximum atomic E-state index is 14.2. The average molecular weight is 570 g/mol. The molecule has 1 atom stereocenters. The molecule has 1 N–H and O–H groups in total. The Morgan fingerprint density at radius 3 is 2.46 bits per heavy atom. The molecule has 0 spiro atoms. The number of aliphatic hydroxyl groups is 1. The number of aliphatic hydroxyl groups excluding tert-OH is 1. The van der Waals surface area contributed by atoms with Crippen LogP contribution in [-0.4, -0.2) is 49.9 Å². The van der Waals surface area contributed by atoms with E-state index in [-0.39, 0.29) is 29.6 Å². The fourth-order valence-electron chi connectivity index (χ4n) is 6.60. The molecule has 6 rings (SSSR count). The fourth-order valence-corrected chi connectivity index (χ4v) is 6.60. The fraction of sp³-hybridized carbons (Fsp3) is 0.516. The molecule has 1 aliphatic carbocycles. The molecule has 3 aliphatic rings. The van der Waals surface area contributed by atoms with Crippen molar-refractivity contribution in [3.8, 4) is 0 Å². The first kappa shape index (κ1) is 29.3. The molecule has 1 saturated heterocycles. The minimum absolute atomic E-state index is 0.0124. The number of alkyl halides is 3. The van der Waals surface area contributed by atoms with Crippen molar-refractivity contribution in [3.63, 3.8) is 0 Å². The highest BCUT2D eigenvalue weighted by atomic mass is 19.4. The van der Waals surface area contributed by atoms with Gasteiger partial charge in [0.1, 0.15) is 12.2 Å². The van der Waals surface area contributed by atoms with Crippen LogP contribution in [0.1, 0.15) is 84.9 Å². The van der Waals surface area contributed by atoms with E-state index in [9.17, 15) is 23.1 Å². The summed E-state index contributed by atoms with van der Waals surface area (Å²) in [6, 6.07) is 10.3. The molecule has 1 aromatic heterocycles. The van der Waals surface area contributed by atoms with Gasteiger partial charge >= 0.3 is 6.18 Å². The van der Waals surface area contributed by atoms with Gasteiger partial charge in [0.05, 0.1) is 23.6 Å². The van der Waals surface area contributed by atoms with E-state index in [0.717, 1.165) is 30.3 Å². The van der Waals surface area contributed by atoms with E-state index in [4.69, 9.17) is 0 Å². The SMILES string of the molecule is CC1CC(c2cccc(N3Cc4c(cc(CN5CC[C@@H](O)C5)cc4C(F)(F)F)C3=O)c2)(c2nncn2C)C1.CCC. The molecular weight excluding hydrogens is 531 g/mol. The molecular formula is C31H38F3N5O2. The standard InChI is InChI=1S/C28H30F3N5O2.C3H8/c1-17-11-27(12-17,26-33-32-16-34(26)2)19-4-3-5-20(10-19)36-15-23-22(25(36)38)8-18(9-24(23)28(29,30)31)13-35-7-6-21(37)14-35;1-3-2/h3-5,8-10,16-17,21,37H,6-7,11-15H2,1-2H3;3H2,1-2H3/t17?,21-,27?;/m1./s1. The number of nitrogens with zero attached hydrogens (tertiary/aromatic N) is 5. The average Bonchev–Trinajstić information content (AvgIpc) is 3.60. The van der Waals surface area contributed by atoms with E-state index < -0.39 is 23.8 Å². The zero-order valence-electron chi connectivity index (χ0n) is 24.1. The van der Waals surface area contributed by atoms with Gasteiger partial charge in [0, 0.05) is 37.9 Å². The van der Waals surface area contributed by atoms with Gasteiger partial charge in [-0.3, -0.25) is 9.69 Å². The predicted molar refractivity (Wildman–Crippen MR) is 150 cm³/mol. The second-order valence-corrected chi connectivity index (χ2v) is 11.9. The van der Waals surface area contributed by atoms with Crippen molar-refractivity contribution in [2.24, 2.45) is 13.0 Å². The number of hydrogen-bond acceptors (Lipinski definition) is 5. The van der Waals surface area contributed by atoms with Crippen molar-refractivity contribution in [2.45, 2.75) is 77.2 Å². The lowest BCUT2D eigenvalue weighted by Crippen LogP contribution is -2.43. The van der Waals surface area contributed by atoms with Gasteiger partial charge in [-0.15, -0.1) is 10.2 Å². The summed E-state index contributed by atoms with van der Waals surface area (Å²) in [4.78, 5) is 16.9. The third kappa shape index (κ3) is 5.51. The molecule has 0 bridgehead atoms. The Balaban J connectivity index is 0.00000108. The summed E-state index contributed by atoms with van der Waals surface area (Å²) >= 11 is 0. The Bertz CT molecular complexity index is 1410. The summed E-state index contributed by atoms with van der Waals surface area (Å²) in [5, 5.41) is 18.3. The maximum absolute atomic E-state index is 14.2. The number of carbonyl (C=O) groups is 1. The van der Waals surface area contributed by atoms with Crippen LogP contribution >= 0.6 is 0 Å². The van der Waals surface area contributed by atoms with Crippen LogP contribution < -0.4 is 4.90 Å². The van der Waals surface area contributed by atoms with Gasteiger partial charge in [-0.2, -0.15) is 13.2 Å². The van der Waals surface area contributed by atoms with Gasteiger partial charge in [0.15, 0.2) is 0 Å². The molecule has 1 amide bonds. The van der Waals surface area contributed by atoms with Gasteiger partial charge in [0.2, 0.25) is 0 Å². The number of rotatable bonds is 5. The second kappa shape index (κ2) is 11.2. The largest absolute Gasteiger partial charge is 0.416 e. The molecule has 3 heterocycles. The lowest BCUT2D eigenvalue weighted by atomic mass is 9.58. The lowest BCUT2D eigenvalue weighted by molar-refractivity contribution is -0.138. The van der Waals surface area contributed by atoms with Crippen molar-refractivity contribution < 1.29 is 23.1 Å². The normalized spacial score (nSPS) is 24.2. The molecule has 3 aromatic rings. The summed E-state index contributed by atoms with van der Waals surface area (Å²) in [5.74, 6) is 0.915. The molecule has 41 heavy (non-hydrogen) atoms. The number of likely N-dealkylation sites (tertiary alicyclic amines) is 1. The number of benzene rings is 2. The maximum Gasteiger partial charge on any atom is 0.416 e. The van der Waals surface area contributed by atoms with E-state index in [1.54, 1.807) is 18.5 Å². The van der Waals surface area contributed by atoms with Gasteiger partial charge in [0.25, 0.3) is 5.91 Å². The summed E-state index contributed by atoms with van der Waals surface area (Å²) in [5.41, 5.74) is 0.984. The van der Waals surface area contributed by atoms with E-state index in [1.165, 1.54) is 11.3 Å². The Kier molecular flexibility index (Phi) is 8.00. The Morgan fingerprint density at radius 2 is 1.88 bits per heavy atom. The molecule has 2 fully saturated rings. The van der Waals surface area contributed by atoms with Crippen molar-refractivity contribution in [1.82, 2.24) is 19.7 Å². The Labute approximate surface area is 239 Å². The van der Waals surface area contributed by atoms with Crippen molar-refractivity contribution in [1.29, 1.82) is 0 Å². The molecule has 2 aliphatic heterocycles. The Morgan fingerprint density at radius 1 is 1.15 bits per heavy atom. The van der Waals surface area contributed by atoms with E-state index in [2.05, 4.69) is 31.0 Å². The van der Waals surface area contributed by atoms with Crippen molar-refractivity contribution in [3.05, 3.63) is 76.4 Å². The highest BCUT2D eigenvalue weighted by Crippen LogP contribution is 2.52. The number of β-amino-alcohol motifs (C(OH)–C–C–N with tert-alkyl or cyclic N) is 1. The van der Waals surface area contributed by atoms with E-state index in [0.29, 0.717) is 36.7 Å². The van der Waals surface area contributed by atoms with Gasteiger partial charge < -0.3 is 14.6 Å². The Hall–Kier alpha value is -3.24. The first-order chi connectivity index (χ1) is 19.5. The van der Waals surface area contributed by atoms with Crippen LogP contribution in [0.5, 0.6) is 0 Å². The molecule has 0 unspecified atom stereocenters. The number of fused-ring (bicyclic) bond motifs is 1. The number of carbonyl (C=O) groups excluding carboxylic acids is 1. The third-order valence-electron chi connectivity index (χ3n) is 8.30. The van der Waals surface area contributed by atoms with Gasteiger partial charge in [-0.1, -0.05) is 39.3 Å². The van der Waals surface area contributed by atoms with Crippen LogP contribution in [0.2, 0.25) is 0 Å². The number of aromatic nitrogens is 3. The highest BCUT2D eigenvalue weighted by molar-refractivity contribution is 6.10. The van der Waals surface area contributed by atoms with Crippen LogP contribution in [0.25, 0.3) is 0 Å². The lowest BCUT2D eigenvalue weighted by Gasteiger charge is -2.46. The summed E-state index contributed by atoms with van der Waals surface area (Å²) in [6.45, 7) is 7.57. The minimum Gasteiger partial charge on any atom is -0.392 e. The molecule has 10 heteroatoms. The summed E-state index contributed by atoms with van der Waals surface area (Å²) in [7, 11) is 1.91. The molecule has 1 saturated carbocycles. The zero-order valence-corrected chi connectivity index (χ0v) is 24.1. The zero-order chi connectivity index (χ0) is 29.5. The number of anilines is 1. The minimum atomic E-state index is -4.58. The van der Waals surface area contributed by atoms with Crippen LogP contribution in [0, 0.1) is 5.92 Å². The van der Waals surface area contributed by atoms with Crippen molar-refractivity contribution >= 4 is 11.6 Å². The van der Waals surface area contributed by atoms with Crippen molar-refractivity contribution in [2.75, 3.05) is 18.0 Å². The third-order valence-corrected chi connectivity index (χ3v) is 8.30. The first-order valence-electron chi connectivity index (χ1n) is 14.4. The van der Waals surface area contributed by atoms with Crippen LogP contribution in [0.3, 0.4) is 0 Å². The topological polar surface area (TPSA) is 74.5 Å². The molecule has 220 valence electrons. The highest BCUT2D eigenvalue weighted by Gasteiger charge is 2.48. The van der Waals surface area contributed by atoms with Gasteiger partial charge in [-0.05, 0) is 66.1 Å². The van der Waals surface area contributed by atoms with E-state index >= 15 is 0 Å². The second-order valence-electron chi connectivity index (χ2n) is 11.9. The summed E-state index contributed by atoms with van der Waals surface area (Å²) in [6.07, 6.45) is 0.214.